The van der Waals surface area contributed by atoms with Crippen molar-refractivity contribution < 1.29 is 13.7 Å². The van der Waals surface area contributed by atoms with Crippen LogP contribution < -0.4 is 10.1 Å². The second kappa shape index (κ2) is 6.51. The van der Waals surface area contributed by atoms with E-state index in [1.807, 2.05) is 6.92 Å². The Morgan fingerprint density at radius 1 is 1.59 bits per heavy atom. The molecule has 0 radical (unpaired) electrons. The molecule has 1 N–H and O–H groups in total. The van der Waals surface area contributed by atoms with Crippen molar-refractivity contribution in [3.8, 4) is 5.75 Å². The zero-order chi connectivity index (χ0) is 13.0. The van der Waals surface area contributed by atoms with Gasteiger partial charge in [-0.2, -0.15) is 0 Å². The van der Waals surface area contributed by atoms with Crippen molar-refractivity contribution in [1.82, 2.24) is 5.32 Å². The number of methoxy groups -OCH3 is 1. The third-order valence-corrected chi connectivity index (χ3v) is 5.14. The number of hydrogen-bond acceptors (Lipinski definition) is 4. The van der Waals surface area contributed by atoms with Crippen LogP contribution in [0.4, 0.5) is 0 Å². The SMILES string of the molecule is COc1c(C(=O)NCCS(C)=O)sc(C)c1Br. The van der Waals surface area contributed by atoms with E-state index in [1.165, 1.54) is 18.4 Å². The van der Waals surface area contributed by atoms with Crippen molar-refractivity contribution in [1.29, 1.82) is 0 Å². The highest BCUT2D eigenvalue weighted by molar-refractivity contribution is 9.10. The van der Waals surface area contributed by atoms with E-state index >= 15 is 0 Å². The number of aryl methyl sites for hydroxylation is 1. The lowest BCUT2D eigenvalue weighted by Gasteiger charge is -2.04. The maximum atomic E-state index is 11.9. The predicted octanol–water partition coefficient (Wildman–Crippen LogP) is 1.94. The minimum atomic E-state index is -0.897. The molecule has 0 aliphatic carbocycles. The molecule has 0 aliphatic heterocycles. The van der Waals surface area contributed by atoms with Crippen LogP contribution in [0.5, 0.6) is 5.75 Å². The monoisotopic (exact) mass is 339 g/mol. The van der Waals surface area contributed by atoms with Gasteiger partial charge >= 0.3 is 0 Å². The van der Waals surface area contributed by atoms with Crippen molar-refractivity contribution in [2.24, 2.45) is 0 Å². The maximum absolute atomic E-state index is 11.9. The molecule has 1 amide bonds. The van der Waals surface area contributed by atoms with Crippen molar-refractivity contribution in [2.45, 2.75) is 6.92 Å². The minimum Gasteiger partial charge on any atom is -0.494 e. The van der Waals surface area contributed by atoms with Gasteiger partial charge in [-0.1, -0.05) is 0 Å². The summed E-state index contributed by atoms with van der Waals surface area (Å²) in [4.78, 5) is 13.4. The molecule has 7 heteroatoms. The van der Waals surface area contributed by atoms with Gasteiger partial charge in [0.25, 0.3) is 5.91 Å². The van der Waals surface area contributed by atoms with Crippen molar-refractivity contribution in [3.63, 3.8) is 0 Å². The van der Waals surface area contributed by atoms with Gasteiger partial charge < -0.3 is 10.1 Å². The molecule has 17 heavy (non-hydrogen) atoms. The molecular formula is C10H14BrNO3S2. The average Bonchev–Trinajstić information content (AvgIpc) is 2.54. The molecular weight excluding hydrogens is 326 g/mol. The van der Waals surface area contributed by atoms with Gasteiger partial charge in [0.05, 0.1) is 11.6 Å². The highest BCUT2D eigenvalue weighted by Gasteiger charge is 2.20. The standard InChI is InChI=1S/C10H14BrNO3S2/c1-6-7(11)8(15-2)9(16-6)10(13)12-4-5-17(3)14/h4-5H2,1-3H3,(H,12,13). The molecule has 4 nitrogen and oxygen atoms in total. The highest BCUT2D eigenvalue weighted by Crippen LogP contribution is 2.38. The number of halogens is 1. The number of carbonyl (C=O) groups excluding carboxylic acids is 1. The van der Waals surface area contributed by atoms with Crippen LogP contribution in [0.25, 0.3) is 0 Å². The summed E-state index contributed by atoms with van der Waals surface area (Å²) in [7, 11) is 0.635. The molecule has 1 rings (SSSR count). The molecule has 1 aromatic heterocycles. The number of ether oxygens (including phenoxy) is 1. The molecule has 1 atom stereocenters. The Morgan fingerprint density at radius 2 is 2.24 bits per heavy atom. The lowest BCUT2D eigenvalue weighted by Crippen LogP contribution is -2.27. The zero-order valence-corrected chi connectivity index (χ0v) is 13.1. The molecule has 1 aromatic rings. The Balaban J connectivity index is 2.75. The average molecular weight is 340 g/mol. The summed E-state index contributed by atoms with van der Waals surface area (Å²) in [6.45, 7) is 2.31. The van der Waals surface area contributed by atoms with E-state index in [-0.39, 0.29) is 5.91 Å². The molecule has 0 saturated carbocycles. The van der Waals surface area contributed by atoms with Gasteiger partial charge in [0.2, 0.25) is 0 Å². The summed E-state index contributed by atoms with van der Waals surface area (Å²) >= 11 is 4.75. The van der Waals surface area contributed by atoms with Crippen molar-refractivity contribution in [3.05, 3.63) is 14.2 Å². The fourth-order valence-corrected chi connectivity index (χ4v) is 3.28. The third-order valence-electron chi connectivity index (χ3n) is 2.06. The number of nitrogens with one attached hydrogen (secondary N) is 1. The predicted molar refractivity (Wildman–Crippen MR) is 74.6 cm³/mol. The van der Waals surface area contributed by atoms with E-state index in [2.05, 4.69) is 21.2 Å². The lowest BCUT2D eigenvalue weighted by atomic mass is 10.4. The van der Waals surface area contributed by atoms with E-state index in [4.69, 9.17) is 4.74 Å². The first-order valence-electron chi connectivity index (χ1n) is 4.88. The fraction of sp³-hybridized carbons (Fsp3) is 0.500. The van der Waals surface area contributed by atoms with E-state index in [0.717, 1.165) is 9.35 Å². The first-order valence-corrected chi connectivity index (χ1v) is 8.22. The van der Waals surface area contributed by atoms with Crippen LogP contribution >= 0.6 is 27.3 Å². The highest BCUT2D eigenvalue weighted by atomic mass is 79.9. The topological polar surface area (TPSA) is 55.4 Å². The molecule has 0 bridgehead atoms. The Morgan fingerprint density at radius 3 is 2.76 bits per heavy atom. The number of rotatable bonds is 5. The molecule has 1 heterocycles. The lowest BCUT2D eigenvalue weighted by molar-refractivity contribution is 0.0957. The summed E-state index contributed by atoms with van der Waals surface area (Å²) in [6.07, 6.45) is 1.61. The van der Waals surface area contributed by atoms with Crippen LogP contribution in [0.3, 0.4) is 0 Å². The fourth-order valence-electron chi connectivity index (χ4n) is 1.22. The van der Waals surface area contributed by atoms with Gasteiger partial charge in [-0.15, -0.1) is 11.3 Å². The number of carbonyl (C=O) groups is 1. The van der Waals surface area contributed by atoms with E-state index in [1.54, 1.807) is 6.26 Å². The molecule has 0 aliphatic rings. The Hall–Kier alpha value is -0.400. The Bertz CT molecular complexity index is 445. The number of amides is 1. The van der Waals surface area contributed by atoms with Gasteiger partial charge in [-0.25, -0.2) is 0 Å². The molecule has 0 spiro atoms. The number of hydrogen-bond donors (Lipinski definition) is 1. The van der Waals surface area contributed by atoms with Crippen molar-refractivity contribution in [2.75, 3.05) is 25.7 Å². The third kappa shape index (κ3) is 3.79. The summed E-state index contributed by atoms with van der Waals surface area (Å²) in [6, 6.07) is 0. The van der Waals surface area contributed by atoms with E-state index < -0.39 is 10.8 Å². The van der Waals surface area contributed by atoms with Gasteiger partial charge in [0.1, 0.15) is 4.88 Å². The first-order chi connectivity index (χ1) is 7.97. The van der Waals surface area contributed by atoms with Crippen LogP contribution in [0.15, 0.2) is 4.47 Å². The van der Waals surface area contributed by atoms with E-state index in [9.17, 15) is 9.00 Å². The maximum Gasteiger partial charge on any atom is 0.265 e. The van der Waals surface area contributed by atoms with Gasteiger partial charge in [-0.05, 0) is 22.9 Å². The summed E-state index contributed by atoms with van der Waals surface area (Å²) < 4.78 is 16.9. The molecule has 96 valence electrons. The van der Waals surface area contributed by atoms with Crippen LogP contribution in [0, 0.1) is 6.92 Å². The normalized spacial score (nSPS) is 12.2. The zero-order valence-electron chi connectivity index (χ0n) is 9.83. The van der Waals surface area contributed by atoms with Gasteiger partial charge in [0.15, 0.2) is 5.75 Å². The Labute approximate surface area is 115 Å². The van der Waals surface area contributed by atoms with Crippen LogP contribution in [-0.2, 0) is 10.8 Å². The van der Waals surface area contributed by atoms with Gasteiger partial charge in [-0.3, -0.25) is 9.00 Å². The van der Waals surface area contributed by atoms with Crippen LogP contribution in [0.2, 0.25) is 0 Å². The van der Waals surface area contributed by atoms with Crippen LogP contribution in [-0.4, -0.2) is 35.8 Å². The summed E-state index contributed by atoms with van der Waals surface area (Å²) in [5, 5.41) is 2.72. The van der Waals surface area contributed by atoms with Crippen molar-refractivity contribution >= 4 is 44.0 Å². The molecule has 0 fully saturated rings. The Kier molecular flexibility index (Phi) is 5.61. The number of thiophene rings is 1. The largest absolute Gasteiger partial charge is 0.494 e. The summed E-state index contributed by atoms with van der Waals surface area (Å²) in [5.41, 5.74) is 0. The minimum absolute atomic E-state index is 0.189. The van der Waals surface area contributed by atoms with Gasteiger partial charge in [0, 0.05) is 34.2 Å². The first kappa shape index (κ1) is 14.7. The van der Waals surface area contributed by atoms with E-state index in [0.29, 0.717) is 22.9 Å². The summed E-state index contributed by atoms with van der Waals surface area (Å²) in [5.74, 6) is 0.827. The quantitative estimate of drug-likeness (QED) is 0.891. The smallest absolute Gasteiger partial charge is 0.265 e. The molecule has 1 unspecified atom stereocenters. The van der Waals surface area contributed by atoms with Crippen LogP contribution in [0.1, 0.15) is 14.5 Å². The molecule has 0 aromatic carbocycles. The second-order valence-corrected chi connectivity index (χ2v) is 6.94. The molecule has 0 saturated heterocycles. The second-order valence-electron chi connectivity index (χ2n) is 3.37.